The van der Waals surface area contributed by atoms with E-state index < -0.39 is 0 Å². The average Bonchev–Trinajstić information content (AvgIpc) is 2.67. The molecular formula is C20H19N3OS. The number of hydrazone groups is 1. The predicted molar refractivity (Wildman–Crippen MR) is 106 cm³/mol. The van der Waals surface area contributed by atoms with E-state index in [1.165, 1.54) is 4.90 Å². The highest BCUT2D eigenvalue weighted by Crippen LogP contribution is 2.22. The van der Waals surface area contributed by atoms with Gasteiger partial charge in [0.05, 0.1) is 12.8 Å². The first-order valence-corrected chi connectivity index (χ1v) is 9.16. The summed E-state index contributed by atoms with van der Waals surface area (Å²) in [6.45, 7) is 0.163. The normalized spacial score (nSPS) is 10.9. The molecule has 0 aliphatic rings. The fourth-order valence-electron chi connectivity index (χ4n) is 2.46. The van der Waals surface area contributed by atoms with Crippen molar-refractivity contribution in [1.29, 1.82) is 0 Å². The Morgan fingerprint density at radius 2 is 1.80 bits per heavy atom. The van der Waals surface area contributed by atoms with E-state index in [0.717, 1.165) is 22.0 Å². The molecule has 0 unspecified atom stereocenters. The predicted octanol–water partition coefficient (Wildman–Crippen LogP) is 4.12. The molecule has 0 spiro atoms. The molecule has 0 radical (unpaired) electrons. The Bertz CT molecular complexity index is 886. The van der Waals surface area contributed by atoms with Crippen LogP contribution < -0.4 is 10.7 Å². The summed E-state index contributed by atoms with van der Waals surface area (Å²) in [5.74, 6) is -0.190. The Balaban J connectivity index is 1.54. The number of nitrogens with one attached hydrogen (secondary N) is 2. The smallest absolute Gasteiger partial charge is 0.259 e. The van der Waals surface area contributed by atoms with Crippen LogP contribution in [0.5, 0.6) is 0 Å². The van der Waals surface area contributed by atoms with Crippen LogP contribution in [0.4, 0.5) is 5.69 Å². The number of hydrogen-bond donors (Lipinski definition) is 2. The standard InChI is InChI=1S/C20H19N3OS/c1-25-17-11-9-15(10-12-17)13-22-23-20(24)14-21-19-8-4-6-16-5-2-3-7-18(16)19/h2-13,21H,14H2,1H3,(H,23,24). The second kappa shape index (κ2) is 8.35. The minimum absolute atomic E-state index is 0.163. The molecule has 5 heteroatoms. The van der Waals surface area contributed by atoms with E-state index in [9.17, 15) is 4.79 Å². The van der Waals surface area contributed by atoms with Crippen LogP contribution in [0.25, 0.3) is 10.8 Å². The third kappa shape index (κ3) is 4.61. The fraction of sp³-hybridized carbons (Fsp3) is 0.100. The lowest BCUT2D eigenvalue weighted by Gasteiger charge is -2.08. The molecule has 25 heavy (non-hydrogen) atoms. The van der Waals surface area contributed by atoms with Crippen molar-refractivity contribution < 1.29 is 4.79 Å². The molecule has 0 aliphatic carbocycles. The number of thioether (sulfide) groups is 1. The van der Waals surface area contributed by atoms with Gasteiger partial charge in [-0.3, -0.25) is 4.79 Å². The summed E-state index contributed by atoms with van der Waals surface area (Å²) < 4.78 is 0. The minimum atomic E-state index is -0.190. The summed E-state index contributed by atoms with van der Waals surface area (Å²) in [5, 5.41) is 9.39. The summed E-state index contributed by atoms with van der Waals surface area (Å²) in [4.78, 5) is 13.1. The maximum atomic E-state index is 12.0. The minimum Gasteiger partial charge on any atom is -0.376 e. The number of rotatable bonds is 6. The van der Waals surface area contributed by atoms with Gasteiger partial charge in [0, 0.05) is 16.0 Å². The molecule has 0 fully saturated rings. The molecule has 126 valence electrons. The van der Waals surface area contributed by atoms with E-state index in [1.54, 1.807) is 18.0 Å². The van der Waals surface area contributed by atoms with Crippen LogP contribution in [-0.4, -0.2) is 24.9 Å². The third-order valence-corrected chi connectivity index (χ3v) is 4.49. The maximum Gasteiger partial charge on any atom is 0.259 e. The average molecular weight is 349 g/mol. The van der Waals surface area contributed by atoms with E-state index in [4.69, 9.17) is 0 Å². The van der Waals surface area contributed by atoms with Crippen LogP contribution in [-0.2, 0) is 4.79 Å². The summed E-state index contributed by atoms with van der Waals surface area (Å²) >= 11 is 1.69. The monoisotopic (exact) mass is 349 g/mol. The van der Waals surface area contributed by atoms with Crippen molar-refractivity contribution in [3.05, 3.63) is 72.3 Å². The van der Waals surface area contributed by atoms with Crippen LogP contribution in [0.1, 0.15) is 5.56 Å². The first-order chi connectivity index (χ1) is 12.3. The van der Waals surface area contributed by atoms with Gasteiger partial charge in [-0.1, -0.05) is 48.5 Å². The van der Waals surface area contributed by atoms with Crippen LogP contribution in [0.2, 0.25) is 0 Å². The second-order valence-corrected chi connectivity index (χ2v) is 6.33. The van der Waals surface area contributed by atoms with Gasteiger partial charge in [0.15, 0.2) is 0 Å². The van der Waals surface area contributed by atoms with Gasteiger partial charge in [-0.15, -0.1) is 11.8 Å². The lowest BCUT2D eigenvalue weighted by molar-refractivity contribution is -0.119. The molecule has 0 saturated heterocycles. The summed E-state index contributed by atoms with van der Waals surface area (Å²) in [5.41, 5.74) is 4.42. The molecule has 0 saturated carbocycles. The molecule has 3 aromatic carbocycles. The number of anilines is 1. The number of nitrogens with zero attached hydrogens (tertiary/aromatic N) is 1. The van der Waals surface area contributed by atoms with Gasteiger partial charge in [0.25, 0.3) is 5.91 Å². The summed E-state index contributed by atoms with van der Waals surface area (Å²) in [6.07, 6.45) is 3.67. The highest BCUT2D eigenvalue weighted by molar-refractivity contribution is 7.98. The lowest BCUT2D eigenvalue weighted by Crippen LogP contribution is -2.25. The zero-order chi connectivity index (χ0) is 17.5. The number of carbonyl (C=O) groups is 1. The quantitative estimate of drug-likeness (QED) is 0.400. The van der Waals surface area contributed by atoms with Gasteiger partial charge in [-0.05, 0) is 35.4 Å². The highest BCUT2D eigenvalue weighted by Gasteiger charge is 2.03. The largest absolute Gasteiger partial charge is 0.376 e. The molecule has 3 aromatic rings. The van der Waals surface area contributed by atoms with Gasteiger partial charge in [-0.25, -0.2) is 5.43 Å². The van der Waals surface area contributed by atoms with Crippen molar-refractivity contribution in [2.24, 2.45) is 5.10 Å². The molecule has 4 nitrogen and oxygen atoms in total. The molecule has 0 atom stereocenters. The van der Waals surface area contributed by atoms with Crippen LogP contribution in [0, 0.1) is 0 Å². The topological polar surface area (TPSA) is 53.5 Å². The molecular weight excluding hydrogens is 330 g/mol. The molecule has 0 heterocycles. The molecule has 3 rings (SSSR count). The Hall–Kier alpha value is -2.79. The SMILES string of the molecule is CSc1ccc(C=NNC(=O)CNc2cccc3ccccc23)cc1. The summed E-state index contributed by atoms with van der Waals surface area (Å²) in [6, 6.07) is 22.0. The van der Waals surface area contributed by atoms with Crippen molar-refractivity contribution >= 4 is 40.3 Å². The van der Waals surface area contributed by atoms with Gasteiger partial charge in [0.2, 0.25) is 0 Å². The van der Waals surface area contributed by atoms with Gasteiger partial charge in [-0.2, -0.15) is 5.10 Å². The van der Waals surface area contributed by atoms with Crippen LogP contribution >= 0.6 is 11.8 Å². The van der Waals surface area contributed by atoms with E-state index in [0.29, 0.717) is 0 Å². The lowest BCUT2D eigenvalue weighted by atomic mass is 10.1. The number of fused-ring (bicyclic) bond motifs is 1. The zero-order valence-electron chi connectivity index (χ0n) is 13.9. The van der Waals surface area contributed by atoms with Crippen molar-refractivity contribution in [3.8, 4) is 0 Å². The van der Waals surface area contributed by atoms with Crippen molar-refractivity contribution in [1.82, 2.24) is 5.43 Å². The Kier molecular flexibility index (Phi) is 5.69. The number of carbonyl (C=O) groups excluding carboxylic acids is 1. The van der Waals surface area contributed by atoms with E-state index in [1.807, 2.05) is 73.0 Å². The fourth-order valence-corrected chi connectivity index (χ4v) is 2.87. The number of amides is 1. The molecule has 0 aliphatic heterocycles. The second-order valence-electron chi connectivity index (χ2n) is 5.45. The Morgan fingerprint density at radius 3 is 2.60 bits per heavy atom. The number of benzene rings is 3. The molecule has 0 aromatic heterocycles. The first-order valence-electron chi connectivity index (χ1n) is 7.94. The van der Waals surface area contributed by atoms with Crippen molar-refractivity contribution in [2.45, 2.75) is 4.90 Å². The van der Waals surface area contributed by atoms with Crippen molar-refractivity contribution in [3.63, 3.8) is 0 Å². The van der Waals surface area contributed by atoms with E-state index >= 15 is 0 Å². The zero-order valence-corrected chi connectivity index (χ0v) is 14.7. The first kappa shape index (κ1) is 17.0. The Labute approximate surface area is 151 Å². The highest BCUT2D eigenvalue weighted by atomic mass is 32.2. The molecule has 2 N–H and O–H groups in total. The maximum absolute atomic E-state index is 12.0. The van der Waals surface area contributed by atoms with E-state index in [2.05, 4.69) is 15.8 Å². The summed E-state index contributed by atoms with van der Waals surface area (Å²) in [7, 11) is 0. The van der Waals surface area contributed by atoms with Gasteiger partial charge < -0.3 is 5.32 Å². The third-order valence-electron chi connectivity index (χ3n) is 3.75. The van der Waals surface area contributed by atoms with E-state index in [-0.39, 0.29) is 12.5 Å². The molecule has 1 amide bonds. The van der Waals surface area contributed by atoms with Gasteiger partial charge in [0.1, 0.15) is 0 Å². The Morgan fingerprint density at radius 1 is 1.04 bits per heavy atom. The van der Waals surface area contributed by atoms with Crippen molar-refractivity contribution in [2.75, 3.05) is 18.1 Å². The van der Waals surface area contributed by atoms with Crippen LogP contribution in [0.3, 0.4) is 0 Å². The van der Waals surface area contributed by atoms with Crippen LogP contribution in [0.15, 0.2) is 76.7 Å². The van der Waals surface area contributed by atoms with Gasteiger partial charge >= 0.3 is 0 Å². The molecule has 0 bridgehead atoms. The number of hydrogen-bond acceptors (Lipinski definition) is 4.